The van der Waals surface area contributed by atoms with Crippen LogP contribution in [-0.2, 0) is 6.42 Å². The van der Waals surface area contributed by atoms with Gasteiger partial charge in [0.25, 0.3) is 5.91 Å². The standard InChI is InChI=1S/C26H33N7O2/c1-16-11-12-19-18(15-16)23(31-20-8-4-5-9-21(20)32-26(27)28)33-24(30-19)25(34)29-14-13-17-7-3-6-10-22(17)35-2/h3,6-7,10-12,15,20-21H,4-5,8-9,13-14H2,1-2H3,(H,29,34)(H4,27,28,32)(H,30,31,33)/t20-,21+/m0/s1. The van der Waals surface area contributed by atoms with Crippen molar-refractivity contribution in [3.63, 3.8) is 0 Å². The Morgan fingerprint density at radius 3 is 2.74 bits per heavy atom. The molecule has 0 radical (unpaired) electrons. The van der Waals surface area contributed by atoms with Crippen molar-refractivity contribution >= 4 is 28.6 Å². The number of hydrogen-bond donors (Lipinski definition) is 4. The first kappa shape index (κ1) is 24.3. The van der Waals surface area contributed by atoms with Gasteiger partial charge in [-0.15, -0.1) is 0 Å². The lowest BCUT2D eigenvalue weighted by Gasteiger charge is -2.30. The molecule has 1 heterocycles. The second-order valence-corrected chi connectivity index (χ2v) is 8.89. The number of anilines is 1. The molecule has 0 unspecified atom stereocenters. The Balaban J connectivity index is 1.56. The highest BCUT2D eigenvalue weighted by Crippen LogP contribution is 2.28. The fourth-order valence-electron chi connectivity index (χ4n) is 4.55. The Kier molecular flexibility index (Phi) is 7.64. The molecule has 4 rings (SSSR count). The van der Waals surface area contributed by atoms with Gasteiger partial charge in [-0.3, -0.25) is 4.79 Å². The SMILES string of the molecule is COc1ccccc1CCNC(=O)c1nc(N[C@H]2CCCC[C@H]2N=C(N)N)c2cc(C)ccc2n1. The summed E-state index contributed by atoms with van der Waals surface area (Å²) in [7, 11) is 1.64. The molecule has 2 atom stereocenters. The topological polar surface area (TPSA) is 141 Å². The van der Waals surface area contributed by atoms with Gasteiger partial charge in [-0.2, -0.15) is 0 Å². The van der Waals surface area contributed by atoms with Crippen molar-refractivity contribution in [2.45, 2.75) is 51.1 Å². The molecule has 1 aliphatic rings. The Bertz CT molecular complexity index is 1220. The number of rotatable bonds is 8. The van der Waals surface area contributed by atoms with E-state index in [-0.39, 0.29) is 29.8 Å². The lowest BCUT2D eigenvalue weighted by atomic mass is 9.90. The van der Waals surface area contributed by atoms with Gasteiger partial charge >= 0.3 is 0 Å². The zero-order valence-electron chi connectivity index (χ0n) is 20.3. The third kappa shape index (κ3) is 5.98. The van der Waals surface area contributed by atoms with Gasteiger partial charge in [0.1, 0.15) is 11.6 Å². The molecule has 1 saturated carbocycles. The number of aromatic nitrogens is 2. The molecular formula is C26H33N7O2. The maximum absolute atomic E-state index is 13.0. The van der Waals surface area contributed by atoms with Crippen LogP contribution in [0.25, 0.3) is 10.9 Å². The number of nitrogens with zero attached hydrogens (tertiary/aromatic N) is 3. The van der Waals surface area contributed by atoms with Crippen molar-refractivity contribution in [3.05, 3.63) is 59.4 Å². The molecule has 1 aliphatic carbocycles. The highest BCUT2D eigenvalue weighted by atomic mass is 16.5. The summed E-state index contributed by atoms with van der Waals surface area (Å²) in [4.78, 5) is 26.6. The number of nitrogens with two attached hydrogens (primary N) is 2. The van der Waals surface area contributed by atoms with Crippen molar-refractivity contribution in [3.8, 4) is 5.75 Å². The summed E-state index contributed by atoms with van der Waals surface area (Å²) in [6.45, 7) is 2.46. The predicted molar refractivity (Wildman–Crippen MR) is 139 cm³/mol. The second kappa shape index (κ2) is 11.0. The first-order chi connectivity index (χ1) is 16.9. The Labute approximate surface area is 205 Å². The van der Waals surface area contributed by atoms with Crippen LogP contribution >= 0.6 is 0 Å². The summed E-state index contributed by atoms with van der Waals surface area (Å²) in [5.74, 6) is 1.31. The molecule has 0 bridgehead atoms. The maximum atomic E-state index is 13.0. The van der Waals surface area contributed by atoms with Crippen molar-refractivity contribution in [1.82, 2.24) is 15.3 Å². The minimum atomic E-state index is -0.324. The molecular weight excluding hydrogens is 442 g/mol. The van der Waals surface area contributed by atoms with Gasteiger partial charge in [0.05, 0.1) is 24.7 Å². The molecule has 0 spiro atoms. The van der Waals surface area contributed by atoms with E-state index in [1.807, 2.05) is 49.4 Å². The number of ether oxygens (including phenoxy) is 1. The summed E-state index contributed by atoms with van der Waals surface area (Å²) in [5.41, 5.74) is 14.2. The summed E-state index contributed by atoms with van der Waals surface area (Å²) in [6.07, 6.45) is 4.60. The lowest BCUT2D eigenvalue weighted by Crippen LogP contribution is -2.38. The number of carbonyl (C=O) groups excluding carboxylic acids is 1. The highest BCUT2D eigenvalue weighted by molar-refractivity contribution is 5.96. The van der Waals surface area contributed by atoms with E-state index in [4.69, 9.17) is 16.2 Å². The molecule has 1 amide bonds. The zero-order valence-corrected chi connectivity index (χ0v) is 20.3. The molecule has 9 heteroatoms. The minimum absolute atomic E-state index is 0.0194. The van der Waals surface area contributed by atoms with Crippen LogP contribution in [0.2, 0.25) is 0 Å². The van der Waals surface area contributed by atoms with Gasteiger partial charge in [0.15, 0.2) is 5.96 Å². The van der Waals surface area contributed by atoms with Crippen molar-refractivity contribution in [2.75, 3.05) is 19.0 Å². The smallest absolute Gasteiger partial charge is 0.289 e. The van der Waals surface area contributed by atoms with Crippen molar-refractivity contribution in [1.29, 1.82) is 0 Å². The average molecular weight is 476 g/mol. The Morgan fingerprint density at radius 1 is 1.14 bits per heavy atom. The van der Waals surface area contributed by atoms with E-state index in [1.54, 1.807) is 7.11 Å². The Hall–Kier alpha value is -3.88. The van der Waals surface area contributed by atoms with Gasteiger partial charge < -0.3 is 26.8 Å². The fourth-order valence-corrected chi connectivity index (χ4v) is 4.55. The van der Waals surface area contributed by atoms with E-state index in [0.29, 0.717) is 24.3 Å². The molecule has 1 fully saturated rings. The van der Waals surface area contributed by atoms with E-state index in [2.05, 4.69) is 25.6 Å². The van der Waals surface area contributed by atoms with Crippen LogP contribution in [0.1, 0.15) is 47.4 Å². The quantitative estimate of drug-likeness (QED) is 0.290. The number of fused-ring (bicyclic) bond motifs is 1. The first-order valence-electron chi connectivity index (χ1n) is 12.0. The normalized spacial score (nSPS) is 17.5. The predicted octanol–water partition coefficient (Wildman–Crippen LogP) is 2.92. The van der Waals surface area contributed by atoms with Crippen molar-refractivity contribution in [2.24, 2.45) is 16.5 Å². The number of guanidine groups is 1. The molecule has 184 valence electrons. The molecule has 9 nitrogen and oxygen atoms in total. The van der Waals surface area contributed by atoms with E-state index in [1.165, 1.54) is 0 Å². The number of hydrogen-bond acceptors (Lipinski definition) is 6. The largest absolute Gasteiger partial charge is 0.496 e. The highest BCUT2D eigenvalue weighted by Gasteiger charge is 2.26. The minimum Gasteiger partial charge on any atom is -0.496 e. The fraction of sp³-hybridized carbons (Fsp3) is 0.385. The summed E-state index contributed by atoms with van der Waals surface area (Å²) in [6, 6.07) is 13.7. The van der Waals surface area contributed by atoms with E-state index in [0.717, 1.165) is 47.9 Å². The number of nitrogens with one attached hydrogen (secondary N) is 2. The number of para-hydroxylation sites is 1. The molecule has 2 aromatic carbocycles. The van der Waals surface area contributed by atoms with Crippen LogP contribution in [0, 0.1) is 6.92 Å². The number of carbonyl (C=O) groups is 1. The monoisotopic (exact) mass is 475 g/mol. The van der Waals surface area contributed by atoms with Crippen LogP contribution in [0.3, 0.4) is 0 Å². The summed E-state index contributed by atoms with van der Waals surface area (Å²) in [5, 5.41) is 7.34. The van der Waals surface area contributed by atoms with Crippen molar-refractivity contribution < 1.29 is 9.53 Å². The molecule has 0 saturated heterocycles. The van der Waals surface area contributed by atoms with Gasteiger partial charge in [-0.25, -0.2) is 15.0 Å². The third-order valence-electron chi connectivity index (χ3n) is 6.29. The number of benzene rings is 2. The number of amides is 1. The zero-order chi connectivity index (χ0) is 24.8. The third-order valence-corrected chi connectivity index (χ3v) is 6.29. The van der Waals surface area contributed by atoms with Gasteiger partial charge in [-0.1, -0.05) is 42.7 Å². The number of methoxy groups -OCH3 is 1. The van der Waals surface area contributed by atoms with Gasteiger partial charge in [-0.05, 0) is 49.9 Å². The maximum Gasteiger partial charge on any atom is 0.289 e. The number of aryl methyl sites for hydroxylation is 1. The number of aliphatic imine (C=N–C) groups is 1. The van der Waals surface area contributed by atoms with E-state index >= 15 is 0 Å². The van der Waals surface area contributed by atoms with E-state index in [9.17, 15) is 4.79 Å². The van der Waals surface area contributed by atoms with Crippen LogP contribution in [0.5, 0.6) is 5.75 Å². The molecule has 35 heavy (non-hydrogen) atoms. The second-order valence-electron chi connectivity index (χ2n) is 8.89. The van der Waals surface area contributed by atoms with Gasteiger partial charge in [0, 0.05) is 11.9 Å². The molecule has 0 aliphatic heterocycles. The summed E-state index contributed by atoms with van der Waals surface area (Å²) >= 11 is 0. The van der Waals surface area contributed by atoms with E-state index < -0.39 is 0 Å². The van der Waals surface area contributed by atoms with Crippen LogP contribution < -0.4 is 26.8 Å². The summed E-state index contributed by atoms with van der Waals surface area (Å²) < 4.78 is 5.40. The lowest BCUT2D eigenvalue weighted by molar-refractivity contribution is 0.0944. The molecule has 6 N–H and O–H groups in total. The Morgan fingerprint density at radius 2 is 1.94 bits per heavy atom. The molecule has 3 aromatic rings. The van der Waals surface area contributed by atoms with Gasteiger partial charge in [0.2, 0.25) is 5.82 Å². The average Bonchev–Trinajstić information content (AvgIpc) is 2.85. The first-order valence-corrected chi connectivity index (χ1v) is 12.0. The van der Waals surface area contributed by atoms with Crippen LogP contribution in [0.4, 0.5) is 5.82 Å². The molecule has 1 aromatic heterocycles. The van der Waals surface area contributed by atoms with Crippen LogP contribution in [-0.4, -0.2) is 47.6 Å². The van der Waals surface area contributed by atoms with Crippen LogP contribution in [0.15, 0.2) is 47.5 Å².